The molecule has 1 fully saturated rings. The van der Waals surface area contributed by atoms with Crippen molar-refractivity contribution in [1.29, 1.82) is 0 Å². The number of nitrogens with one attached hydrogen (secondary N) is 2. The lowest BCUT2D eigenvalue weighted by atomic mass is 9.88. The summed E-state index contributed by atoms with van der Waals surface area (Å²) >= 11 is 0. The van der Waals surface area contributed by atoms with Gasteiger partial charge in [-0.3, -0.25) is 43.9 Å². The number of carbonyl (C=O) groups excluding carboxylic acids is 3. The van der Waals surface area contributed by atoms with Crippen molar-refractivity contribution in [3.8, 4) is 11.5 Å². The zero-order valence-corrected chi connectivity index (χ0v) is 33.7. The van der Waals surface area contributed by atoms with E-state index >= 15 is 0 Å². The standard InChI is InChI=1S/C36H63N6O11P/c1-6-9-20-50-31(43)23-36(24-32(44)51-21-10-7-2)27-38-13-12-37-14-16-41(18-19-42(36)26-33(45)52-22-11-8-3)17-15-39-28(4)34-30(53-54(47,48)49)25-40-29(5)35(34)46/h25,37-38,46H,6-24,26-27H2,1-5H3,(H2,47,48,49). The summed E-state index contributed by atoms with van der Waals surface area (Å²) in [4.78, 5) is 71.6. The highest BCUT2D eigenvalue weighted by Crippen LogP contribution is 2.41. The summed E-state index contributed by atoms with van der Waals surface area (Å²) in [7, 11) is -4.95. The highest BCUT2D eigenvalue weighted by atomic mass is 31.2. The quantitative estimate of drug-likeness (QED) is 0.0398. The molecule has 308 valence electrons. The van der Waals surface area contributed by atoms with Crippen LogP contribution >= 0.6 is 7.82 Å². The number of hydrogen-bond donors (Lipinski definition) is 5. The van der Waals surface area contributed by atoms with Crippen LogP contribution in [0.15, 0.2) is 11.2 Å². The highest BCUT2D eigenvalue weighted by molar-refractivity contribution is 7.46. The molecule has 1 aliphatic rings. The molecule has 2 heterocycles. The lowest BCUT2D eigenvalue weighted by Gasteiger charge is -2.43. The fourth-order valence-electron chi connectivity index (χ4n) is 5.86. The van der Waals surface area contributed by atoms with Gasteiger partial charge in [0.15, 0.2) is 5.75 Å². The normalized spacial score (nSPS) is 16.5. The summed E-state index contributed by atoms with van der Waals surface area (Å²) in [5, 5.41) is 17.5. The molecular formula is C36H63N6O11P. The SMILES string of the molecule is CCCCOC(=O)CN1CCN(CCN=C(C)c2c(OP(=O)(O)O)cnc(C)c2O)CCNCCNCC1(CC(=O)OCCCC)CC(=O)OCCCC. The van der Waals surface area contributed by atoms with Crippen LogP contribution in [0.5, 0.6) is 11.5 Å². The van der Waals surface area contributed by atoms with Gasteiger partial charge in [0, 0.05) is 58.1 Å². The third kappa shape index (κ3) is 17.5. The van der Waals surface area contributed by atoms with E-state index in [1.165, 1.54) is 0 Å². The van der Waals surface area contributed by atoms with Crippen molar-refractivity contribution in [3.63, 3.8) is 0 Å². The maximum absolute atomic E-state index is 13.4. The van der Waals surface area contributed by atoms with Crippen molar-refractivity contribution in [2.24, 2.45) is 4.99 Å². The fraction of sp³-hybridized carbons (Fsp3) is 0.750. The number of nitrogens with zero attached hydrogens (tertiary/aromatic N) is 4. The fourth-order valence-corrected chi connectivity index (χ4v) is 6.25. The van der Waals surface area contributed by atoms with E-state index in [2.05, 4.69) is 25.5 Å². The monoisotopic (exact) mass is 786 g/mol. The van der Waals surface area contributed by atoms with Gasteiger partial charge >= 0.3 is 25.7 Å². The Balaban J connectivity index is 2.46. The minimum absolute atomic E-state index is 0.0304. The predicted octanol–water partition coefficient (Wildman–Crippen LogP) is 2.72. The number of aromatic nitrogens is 1. The number of phosphoric ester groups is 1. The summed E-state index contributed by atoms with van der Waals surface area (Å²) in [5.41, 5.74) is -0.620. The molecule has 1 aromatic rings. The molecule has 54 heavy (non-hydrogen) atoms. The Bertz CT molecular complexity index is 1370. The molecule has 2 rings (SSSR count). The lowest BCUT2D eigenvalue weighted by Crippen LogP contribution is -2.61. The first-order valence-corrected chi connectivity index (χ1v) is 20.6. The van der Waals surface area contributed by atoms with Gasteiger partial charge < -0.3 is 34.5 Å². The molecule has 1 aliphatic heterocycles. The zero-order chi connectivity index (χ0) is 40.0. The Labute approximate surface area is 319 Å². The van der Waals surface area contributed by atoms with E-state index in [1.807, 2.05) is 25.7 Å². The van der Waals surface area contributed by atoms with Gasteiger partial charge in [0.2, 0.25) is 0 Å². The van der Waals surface area contributed by atoms with Gasteiger partial charge in [-0.25, -0.2) is 4.57 Å². The van der Waals surface area contributed by atoms with E-state index in [-0.39, 0.29) is 81.6 Å². The van der Waals surface area contributed by atoms with Crippen molar-refractivity contribution in [2.75, 3.05) is 85.3 Å². The number of rotatable bonds is 21. The smallest absolute Gasteiger partial charge is 0.505 e. The van der Waals surface area contributed by atoms with Crippen LogP contribution < -0.4 is 15.2 Å². The van der Waals surface area contributed by atoms with Crippen molar-refractivity contribution in [3.05, 3.63) is 17.5 Å². The van der Waals surface area contributed by atoms with Crippen LogP contribution in [0.2, 0.25) is 0 Å². The molecule has 0 atom stereocenters. The van der Waals surface area contributed by atoms with Crippen LogP contribution in [-0.2, 0) is 33.2 Å². The van der Waals surface area contributed by atoms with E-state index in [1.54, 1.807) is 13.8 Å². The first-order valence-electron chi connectivity index (χ1n) is 19.1. The second kappa shape index (κ2) is 25.1. The number of unbranched alkanes of at least 4 members (excludes halogenated alkanes) is 3. The lowest BCUT2D eigenvalue weighted by molar-refractivity contribution is -0.157. The van der Waals surface area contributed by atoms with Crippen molar-refractivity contribution in [1.82, 2.24) is 25.4 Å². The second-order valence-electron chi connectivity index (χ2n) is 13.5. The van der Waals surface area contributed by atoms with E-state index in [4.69, 9.17) is 18.7 Å². The van der Waals surface area contributed by atoms with Gasteiger partial charge in [0.25, 0.3) is 0 Å². The number of aryl methyl sites for hydroxylation is 1. The molecular weight excluding hydrogens is 723 g/mol. The Kier molecular flexibility index (Phi) is 21.8. The van der Waals surface area contributed by atoms with Gasteiger partial charge in [-0.05, 0) is 33.1 Å². The molecule has 0 unspecified atom stereocenters. The van der Waals surface area contributed by atoms with Gasteiger partial charge in [0.05, 0.1) is 68.7 Å². The van der Waals surface area contributed by atoms with Crippen molar-refractivity contribution >= 4 is 31.4 Å². The number of hydrogen-bond acceptors (Lipinski definition) is 15. The number of phosphoric acid groups is 1. The first kappa shape index (κ1) is 47.0. The summed E-state index contributed by atoms with van der Waals surface area (Å²) in [6.45, 7) is 13.7. The van der Waals surface area contributed by atoms with Gasteiger partial charge in [-0.2, -0.15) is 0 Å². The predicted molar refractivity (Wildman–Crippen MR) is 204 cm³/mol. The summed E-state index contributed by atoms with van der Waals surface area (Å²) in [5.74, 6) is -2.01. The summed E-state index contributed by atoms with van der Waals surface area (Å²) in [6.07, 6.45) is 5.47. The maximum Gasteiger partial charge on any atom is 0.524 e. The van der Waals surface area contributed by atoms with Gasteiger partial charge in [-0.15, -0.1) is 0 Å². The van der Waals surface area contributed by atoms with Crippen LogP contribution in [0.4, 0.5) is 0 Å². The number of carbonyl (C=O) groups is 3. The summed E-state index contributed by atoms with van der Waals surface area (Å²) in [6, 6.07) is 0. The Hall–Kier alpha value is -3.18. The topological polar surface area (TPSA) is 222 Å². The second-order valence-corrected chi connectivity index (χ2v) is 14.6. The molecule has 17 nitrogen and oxygen atoms in total. The third-order valence-corrected chi connectivity index (χ3v) is 9.42. The zero-order valence-electron chi connectivity index (χ0n) is 32.8. The minimum Gasteiger partial charge on any atom is -0.505 e. The Morgan fingerprint density at radius 1 is 0.889 bits per heavy atom. The van der Waals surface area contributed by atoms with E-state index < -0.39 is 31.3 Å². The average molecular weight is 787 g/mol. The van der Waals surface area contributed by atoms with E-state index in [0.717, 1.165) is 25.5 Å². The van der Waals surface area contributed by atoms with Gasteiger partial charge in [-0.1, -0.05) is 40.0 Å². The van der Waals surface area contributed by atoms with E-state index in [0.29, 0.717) is 64.2 Å². The number of aromatic hydroxyl groups is 1. The number of ether oxygens (including phenoxy) is 3. The van der Waals surface area contributed by atoms with Crippen LogP contribution in [0.1, 0.15) is 90.3 Å². The molecule has 0 amide bonds. The maximum atomic E-state index is 13.4. The molecule has 0 bridgehead atoms. The van der Waals surface area contributed by atoms with Crippen molar-refractivity contribution < 1.29 is 52.6 Å². The minimum atomic E-state index is -4.95. The molecule has 0 aromatic carbocycles. The number of pyridine rings is 1. The average Bonchev–Trinajstić information content (AvgIpc) is 3.10. The Morgan fingerprint density at radius 2 is 1.46 bits per heavy atom. The molecule has 0 saturated carbocycles. The number of esters is 3. The molecule has 1 aromatic heterocycles. The van der Waals surface area contributed by atoms with Crippen molar-refractivity contribution in [2.45, 2.75) is 91.5 Å². The van der Waals surface area contributed by atoms with Crippen LogP contribution in [0.25, 0.3) is 0 Å². The first-order chi connectivity index (χ1) is 25.7. The Morgan fingerprint density at radius 3 is 2.04 bits per heavy atom. The molecule has 0 aliphatic carbocycles. The van der Waals surface area contributed by atoms with Crippen LogP contribution in [-0.4, -0.2) is 144 Å². The third-order valence-electron chi connectivity index (χ3n) is 8.99. The molecule has 1 saturated heterocycles. The highest BCUT2D eigenvalue weighted by Gasteiger charge is 2.43. The van der Waals surface area contributed by atoms with Crippen LogP contribution in [0.3, 0.4) is 0 Å². The molecule has 0 spiro atoms. The summed E-state index contributed by atoms with van der Waals surface area (Å²) < 4.78 is 33.2. The molecule has 0 radical (unpaired) electrons. The molecule has 18 heteroatoms. The molecule has 5 N–H and O–H groups in total. The largest absolute Gasteiger partial charge is 0.524 e. The van der Waals surface area contributed by atoms with E-state index in [9.17, 15) is 33.8 Å². The number of aliphatic imine (C=N–C) groups is 1. The van der Waals surface area contributed by atoms with Gasteiger partial charge in [0.1, 0.15) is 5.75 Å². The van der Waals surface area contributed by atoms with Crippen LogP contribution in [0, 0.1) is 6.92 Å².